The second-order valence-electron chi connectivity index (χ2n) is 3.35. The molecule has 0 amide bonds. The molecule has 1 N–H and O–H groups in total. The lowest BCUT2D eigenvalue weighted by atomic mass is 10.2. The van der Waals surface area contributed by atoms with Gasteiger partial charge in [-0.15, -0.1) is 0 Å². The van der Waals surface area contributed by atoms with Gasteiger partial charge in [0.2, 0.25) is 0 Å². The summed E-state index contributed by atoms with van der Waals surface area (Å²) in [7, 11) is 1.59. The van der Waals surface area contributed by atoms with Gasteiger partial charge >= 0.3 is 0 Å². The maximum absolute atomic E-state index is 9.54. The number of aliphatic hydroxyl groups is 1. The smallest absolute Gasteiger partial charge is 0.111 e. The Kier molecular flexibility index (Phi) is 4.62. The van der Waals surface area contributed by atoms with Gasteiger partial charge in [0.25, 0.3) is 0 Å². The number of hydrogen-bond acceptors (Lipinski definition) is 3. The van der Waals surface area contributed by atoms with Crippen LogP contribution in [0.2, 0.25) is 0 Å². The maximum atomic E-state index is 9.54. The summed E-state index contributed by atoms with van der Waals surface area (Å²) in [5, 5.41) is 9.54. The van der Waals surface area contributed by atoms with Crippen LogP contribution in [0.5, 0.6) is 0 Å². The van der Waals surface area contributed by atoms with Crippen LogP contribution in [-0.4, -0.2) is 34.5 Å². The van der Waals surface area contributed by atoms with Crippen LogP contribution in [0.1, 0.15) is 19.2 Å². The first-order valence-electron chi connectivity index (χ1n) is 4.95. The molecule has 4 nitrogen and oxygen atoms in total. The predicted molar refractivity (Wildman–Crippen MR) is 54.1 cm³/mol. The second-order valence-corrected chi connectivity index (χ2v) is 3.35. The fraction of sp³-hybridized carbons (Fsp3) is 0.700. The summed E-state index contributed by atoms with van der Waals surface area (Å²) in [6, 6.07) is 0. The van der Waals surface area contributed by atoms with Crippen molar-refractivity contribution >= 4 is 0 Å². The van der Waals surface area contributed by atoms with Crippen LogP contribution >= 0.6 is 0 Å². The van der Waals surface area contributed by atoms with Gasteiger partial charge in [-0.25, -0.2) is 4.98 Å². The fourth-order valence-corrected chi connectivity index (χ4v) is 1.44. The summed E-state index contributed by atoms with van der Waals surface area (Å²) in [5.41, 5.74) is 0. The summed E-state index contributed by atoms with van der Waals surface area (Å²) in [5.74, 6) is 0.927. The zero-order valence-corrected chi connectivity index (χ0v) is 8.81. The van der Waals surface area contributed by atoms with Gasteiger partial charge in [-0.05, 0) is 6.42 Å². The Morgan fingerprint density at radius 3 is 3.07 bits per heavy atom. The van der Waals surface area contributed by atoms with Crippen molar-refractivity contribution in [3.05, 3.63) is 18.2 Å². The molecule has 0 bridgehead atoms. The molecule has 4 heteroatoms. The van der Waals surface area contributed by atoms with E-state index in [4.69, 9.17) is 4.74 Å². The number of rotatable bonds is 6. The van der Waals surface area contributed by atoms with Crippen molar-refractivity contribution in [1.82, 2.24) is 9.55 Å². The Morgan fingerprint density at radius 2 is 2.43 bits per heavy atom. The van der Waals surface area contributed by atoms with Crippen molar-refractivity contribution in [2.24, 2.45) is 0 Å². The summed E-state index contributed by atoms with van der Waals surface area (Å²) in [6.07, 6.45) is 4.88. The van der Waals surface area contributed by atoms with Crippen molar-refractivity contribution in [3.63, 3.8) is 0 Å². The molecule has 0 fully saturated rings. The van der Waals surface area contributed by atoms with Gasteiger partial charge in [-0.3, -0.25) is 0 Å². The number of hydrogen-bond donors (Lipinski definition) is 1. The third-order valence-corrected chi connectivity index (χ3v) is 2.04. The van der Waals surface area contributed by atoms with Gasteiger partial charge in [-0.1, -0.05) is 6.92 Å². The van der Waals surface area contributed by atoms with E-state index in [1.54, 1.807) is 13.3 Å². The largest absolute Gasteiger partial charge is 0.390 e. The van der Waals surface area contributed by atoms with Crippen molar-refractivity contribution in [2.45, 2.75) is 32.4 Å². The zero-order valence-electron chi connectivity index (χ0n) is 8.81. The molecule has 1 rings (SSSR count). The van der Waals surface area contributed by atoms with E-state index in [1.165, 1.54) is 0 Å². The Hall–Kier alpha value is -0.870. The summed E-state index contributed by atoms with van der Waals surface area (Å²) < 4.78 is 6.93. The number of methoxy groups -OCH3 is 1. The molecule has 1 aromatic rings. The molecule has 14 heavy (non-hydrogen) atoms. The lowest BCUT2D eigenvalue weighted by Gasteiger charge is -2.10. The standard InChI is InChI=1S/C10H18N2O2/c1-3-5-12-6-4-11-10(12)7-9(13)8-14-2/h4,6,9,13H,3,5,7-8H2,1-2H3. The van der Waals surface area contributed by atoms with Crippen LogP contribution < -0.4 is 0 Å². The average Bonchev–Trinajstić information content (AvgIpc) is 2.54. The lowest BCUT2D eigenvalue weighted by molar-refractivity contribution is 0.0632. The van der Waals surface area contributed by atoms with Crippen LogP contribution in [0.25, 0.3) is 0 Å². The molecule has 0 aromatic carbocycles. The van der Waals surface area contributed by atoms with E-state index in [1.807, 2.05) is 6.20 Å². The van der Waals surface area contributed by atoms with Crippen molar-refractivity contribution in [2.75, 3.05) is 13.7 Å². The first kappa shape index (κ1) is 11.2. The van der Waals surface area contributed by atoms with Crippen LogP contribution in [0.4, 0.5) is 0 Å². The number of ether oxygens (including phenoxy) is 1. The zero-order chi connectivity index (χ0) is 10.4. The van der Waals surface area contributed by atoms with Crippen LogP contribution in [0.3, 0.4) is 0 Å². The van der Waals surface area contributed by atoms with Crippen molar-refractivity contribution in [1.29, 1.82) is 0 Å². The second kappa shape index (κ2) is 5.78. The van der Waals surface area contributed by atoms with Crippen LogP contribution in [0, 0.1) is 0 Å². The SMILES string of the molecule is CCCn1ccnc1CC(O)COC. The van der Waals surface area contributed by atoms with Crippen LogP contribution in [-0.2, 0) is 17.7 Å². The van der Waals surface area contributed by atoms with Gasteiger partial charge in [-0.2, -0.15) is 0 Å². The van der Waals surface area contributed by atoms with Gasteiger partial charge in [0, 0.05) is 32.5 Å². The Morgan fingerprint density at radius 1 is 1.64 bits per heavy atom. The number of aromatic nitrogens is 2. The van der Waals surface area contributed by atoms with Crippen molar-refractivity contribution < 1.29 is 9.84 Å². The first-order valence-corrected chi connectivity index (χ1v) is 4.95. The Bertz CT molecular complexity index is 260. The Labute approximate surface area is 84.5 Å². The van der Waals surface area contributed by atoms with E-state index in [2.05, 4.69) is 16.5 Å². The average molecular weight is 198 g/mol. The topological polar surface area (TPSA) is 47.3 Å². The lowest BCUT2D eigenvalue weighted by Crippen LogP contribution is -2.19. The maximum Gasteiger partial charge on any atom is 0.111 e. The number of imidazole rings is 1. The fourth-order valence-electron chi connectivity index (χ4n) is 1.44. The highest BCUT2D eigenvalue weighted by molar-refractivity contribution is 4.94. The molecular formula is C10H18N2O2. The van der Waals surface area contributed by atoms with Crippen molar-refractivity contribution in [3.8, 4) is 0 Å². The third kappa shape index (κ3) is 3.12. The van der Waals surface area contributed by atoms with E-state index in [0.717, 1.165) is 18.8 Å². The van der Waals surface area contributed by atoms with Crippen LogP contribution in [0.15, 0.2) is 12.4 Å². The monoisotopic (exact) mass is 198 g/mol. The molecule has 0 radical (unpaired) electrons. The van der Waals surface area contributed by atoms with E-state index in [9.17, 15) is 5.11 Å². The predicted octanol–water partition coefficient (Wildman–Crippen LogP) is 0.843. The first-order chi connectivity index (χ1) is 6.77. The number of aliphatic hydroxyl groups excluding tert-OH is 1. The Balaban J connectivity index is 2.52. The summed E-state index contributed by atoms with van der Waals surface area (Å²) >= 11 is 0. The molecule has 1 atom stereocenters. The number of nitrogens with zero attached hydrogens (tertiary/aromatic N) is 2. The molecule has 0 aliphatic heterocycles. The molecule has 0 saturated carbocycles. The molecular weight excluding hydrogens is 180 g/mol. The minimum atomic E-state index is -0.460. The van der Waals surface area contributed by atoms with Gasteiger partial charge in [0.1, 0.15) is 5.82 Å². The molecule has 0 aliphatic rings. The summed E-state index contributed by atoms with van der Waals surface area (Å²) in [4.78, 5) is 4.20. The van der Waals surface area contributed by atoms with Gasteiger partial charge < -0.3 is 14.4 Å². The third-order valence-electron chi connectivity index (χ3n) is 2.04. The van der Waals surface area contributed by atoms with E-state index >= 15 is 0 Å². The van der Waals surface area contributed by atoms with E-state index in [0.29, 0.717) is 13.0 Å². The highest BCUT2D eigenvalue weighted by atomic mass is 16.5. The molecule has 80 valence electrons. The minimum absolute atomic E-state index is 0.360. The highest BCUT2D eigenvalue weighted by Gasteiger charge is 2.09. The number of aryl methyl sites for hydroxylation is 1. The normalized spacial score (nSPS) is 13.1. The minimum Gasteiger partial charge on any atom is -0.390 e. The molecule has 0 saturated heterocycles. The van der Waals surface area contributed by atoms with Gasteiger partial charge in [0.15, 0.2) is 0 Å². The van der Waals surface area contributed by atoms with Gasteiger partial charge in [0.05, 0.1) is 12.7 Å². The molecule has 1 aromatic heterocycles. The molecule has 0 spiro atoms. The molecule has 0 aliphatic carbocycles. The van der Waals surface area contributed by atoms with E-state index in [-0.39, 0.29) is 0 Å². The quantitative estimate of drug-likeness (QED) is 0.737. The van der Waals surface area contributed by atoms with E-state index < -0.39 is 6.10 Å². The summed E-state index contributed by atoms with van der Waals surface area (Å²) in [6.45, 7) is 3.43. The molecule has 1 heterocycles. The highest BCUT2D eigenvalue weighted by Crippen LogP contribution is 2.03. The molecule has 1 unspecified atom stereocenters.